The lowest BCUT2D eigenvalue weighted by Gasteiger charge is -2.41. The lowest BCUT2D eigenvalue weighted by molar-refractivity contribution is 0.193. The third-order valence-corrected chi connectivity index (χ3v) is 4.82. The SMILES string of the molecule is CCc1ccc(N(C)CC2(CNC)CCCCC2)cc1. The van der Waals surface area contributed by atoms with E-state index in [0.29, 0.717) is 5.41 Å². The predicted molar refractivity (Wildman–Crippen MR) is 88.5 cm³/mol. The van der Waals surface area contributed by atoms with Gasteiger partial charge in [0.05, 0.1) is 0 Å². The first-order valence-corrected chi connectivity index (χ1v) is 8.14. The topological polar surface area (TPSA) is 15.3 Å². The highest BCUT2D eigenvalue weighted by Gasteiger charge is 2.32. The van der Waals surface area contributed by atoms with Crippen LogP contribution in [0.1, 0.15) is 44.6 Å². The highest BCUT2D eigenvalue weighted by molar-refractivity contribution is 5.47. The molecule has 1 fully saturated rings. The van der Waals surface area contributed by atoms with E-state index in [1.807, 2.05) is 0 Å². The van der Waals surface area contributed by atoms with Crippen molar-refractivity contribution in [3.05, 3.63) is 29.8 Å². The first-order valence-electron chi connectivity index (χ1n) is 8.14. The van der Waals surface area contributed by atoms with Crippen molar-refractivity contribution in [3.8, 4) is 0 Å². The fourth-order valence-electron chi connectivity index (χ4n) is 3.65. The molecule has 20 heavy (non-hydrogen) atoms. The Morgan fingerprint density at radius 1 is 1.10 bits per heavy atom. The Kier molecular flexibility index (Phi) is 5.47. The number of hydrogen-bond acceptors (Lipinski definition) is 2. The van der Waals surface area contributed by atoms with Gasteiger partial charge in [0.15, 0.2) is 0 Å². The summed E-state index contributed by atoms with van der Waals surface area (Å²) in [5, 5.41) is 3.43. The normalized spacial score (nSPS) is 17.9. The summed E-state index contributed by atoms with van der Waals surface area (Å²) in [5.41, 5.74) is 3.23. The number of nitrogens with one attached hydrogen (secondary N) is 1. The summed E-state index contributed by atoms with van der Waals surface area (Å²) >= 11 is 0. The summed E-state index contributed by atoms with van der Waals surface area (Å²) in [5.74, 6) is 0. The predicted octanol–water partition coefficient (Wildman–Crippen LogP) is 3.86. The zero-order chi connectivity index (χ0) is 14.4. The van der Waals surface area contributed by atoms with E-state index in [1.54, 1.807) is 0 Å². The van der Waals surface area contributed by atoms with Gasteiger partial charge in [-0.2, -0.15) is 0 Å². The molecule has 2 heteroatoms. The van der Waals surface area contributed by atoms with E-state index >= 15 is 0 Å². The molecule has 112 valence electrons. The van der Waals surface area contributed by atoms with E-state index in [1.165, 1.54) is 49.9 Å². The second-order valence-corrected chi connectivity index (χ2v) is 6.47. The van der Waals surface area contributed by atoms with Gasteiger partial charge in [0, 0.05) is 31.2 Å². The molecule has 1 aliphatic carbocycles. The summed E-state index contributed by atoms with van der Waals surface area (Å²) in [6.07, 6.45) is 8.05. The highest BCUT2D eigenvalue weighted by Crippen LogP contribution is 2.37. The number of hydrogen-bond donors (Lipinski definition) is 1. The molecule has 0 radical (unpaired) electrons. The molecule has 0 atom stereocenters. The van der Waals surface area contributed by atoms with Crippen molar-refractivity contribution in [2.24, 2.45) is 5.41 Å². The minimum Gasteiger partial charge on any atom is -0.374 e. The van der Waals surface area contributed by atoms with E-state index in [-0.39, 0.29) is 0 Å². The molecule has 0 aliphatic heterocycles. The molecule has 0 heterocycles. The van der Waals surface area contributed by atoms with E-state index in [9.17, 15) is 0 Å². The van der Waals surface area contributed by atoms with Crippen molar-refractivity contribution in [2.45, 2.75) is 45.4 Å². The summed E-state index contributed by atoms with van der Waals surface area (Å²) in [6, 6.07) is 9.07. The number of aryl methyl sites for hydroxylation is 1. The maximum Gasteiger partial charge on any atom is 0.0363 e. The van der Waals surface area contributed by atoms with Crippen molar-refractivity contribution in [3.63, 3.8) is 0 Å². The van der Waals surface area contributed by atoms with Crippen molar-refractivity contribution in [2.75, 3.05) is 32.1 Å². The van der Waals surface area contributed by atoms with Crippen LogP contribution in [0.3, 0.4) is 0 Å². The van der Waals surface area contributed by atoms with Crippen LogP contribution in [0.5, 0.6) is 0 Å². The zero-order valence-corrected chi connectivity index (χ0v) is 13.4. The number of anilines is 1. The van der Waals surface area contributed by atoms with Gasteiger partial charge in [-0.3, -0.25) is 0 Å². The van der Waals surface area contributed by atoms with Crippen molar-refractivity contribution >= 4 is 5.69 Å². The molecule has 0 aromatic heterocycles. The highest BCUT2D eigenvalue weighted by atomic mass is 15.1. The van der Waals surface area contributed by atoms with Gasteiger partial charge in [-0.1, -0.05) is 38.3 Å². The van der Waals surface area contributed by atoms with E-state index < -0.39 is 0 Å². The summed E-state index contributed by atoms with van der Waals surface area (Å²) in [4.78, 5) is 2.45. The fourth-order valence-corrected chi connectivity index (χ4v) is 3.65. The van der Waals surface area contributed by atoms with E-state index in [0.717, 1.165) is 13.0 Å². The van der Waals surface area contributed by atoms with Crippen molar-refractivity contribution in [1.29, 1.82) is 0 Å². The van der Waals surface area contributed by atoms with Crippen molar-refractivity contribution < 1.29 is 0 Å². The van der Waals surface area contributed by atoms with Crippen LogP contribution >= 0.6 is 0 Å². The molecule has 2 nitrogen and oxygen atoms in total. The molecule has 0 spiro atoms. The lowest BCUT2D eigenvalue weighted by atomic mass is 9.73. The average molecular weight is 274 g/mol. The molecule has 0 unspecified atom stereocenters. The molecule has 1 aliphatic rings. The van der Waals surface area contributed by atoms with Gasteiger partial charge >= 0.3 is 0 Å². The molecule has 1 aromatic carbocycles. The third-order valence-electron chi connectivity index (χ3n) is 4.82. The first-order chi connectivity index (χ1) is 9.69. The average Bonchev–Trinajstić information content (AvgIpc) is 2.48. The lowest BCUT2D eigenvalue weighted by Crippen LogP contribution is -2.43. The van der Waals surface area contributed by atoms with Crippen LogP contribution in [-0.4, -0.2) is 27.2 Å². The van der Waals surface area contributed by atoms with Crippen LogP contribution in [0.2, 0.25) is 0 Å². The monoisotopic (exact) mass is 274 g/mol. The molecule has 2 rings (SSSR count). The fraction of sp³-hybridized carbons (Fsp3) is 0.667. The zero-order valence-electron chi connectivity index (χ0n) is 13.4. The molecular formula is C18H30N2. The molecular weight excluding hydrogens is 244 g/mol. The molecule has 1 saturated carbocycles. The summed E-state index contributed by atoms with van der Waals surface area (Å²) in [6.45, 7) is 4.52. The Morgan fingerprint density at radius 2 is 1.75 bits per heavy atom. The standard InChI is InChI=1S/C18H30N2/c1-4-16-8-10-17(11-9-16)20(3)15-18(14-19-2)12-6-5-7-13-18/h8-11,19H,4-7,12-15H2,1-3H3. The van der Waals surface area contributed by atoms with Gasteiger partial charge in [0.25, 0.3) is 0 Å². The molecule has 0 saturated heterocycles. The van der Waals surface area contributed by atoms with Gasteiger partial charge in [0.1, 0.15) is 0 Å². The largest absolute Gasteiger partial charge is 0.374 e. The summed E-state index contributed by atoms with van der Waals surface area (Å²) in [7, 11) is 4.33. The van der Waals surface area contributed by atoms with Gasteiger partial charge in [-0.05, 0) is 44.0 Å². The van der Waals surface area contributed by atoms with Gasteiger partial charge in [-0.15, -0.1) is 0 Å². The molecule has 0 bridgehead atoms. The van der Waals surface area contributed by atoms with Crippen LogP contribution in [-0.2, 0) is 6.42 Å². The second kappa shape index (κ2) is 7.12. The van der Waals surface area contributed by atoms with Crippen LogP contribution in [0.4, 0.5) is 5.69 Å². The van der Waals surface area contributed by atoms with Crippen LogP contribution in [0.15, 0.2) is 24.3 Å². The number of rotatable bonds is 6. The Morgan fingerprint density at radius 3 is 2.30 bits per heavy atom. The van der Waals surface area contributed by atoms with Crippen LogP contribution < -0.4 is 10.2 Å². The van der Waals surface area contributed by atoms with Crippen molar-refractivity contribution in [1.82, 2.24) is 5.32 Å². The van der Waals surface area contributed by atoms with Gasteiger partial charge in [0.2, 0.25) is 0 Å². The Balaban J connectivity index is 2.04. The minimum absolute atomic E-state index is 0.463. The smallest absolute Gasteiger partial charge is 0.0363 e. The molecule has 1 aromatic rings. The maximum atomic E-state index is 3.43. The number of nitrogens with zero attached hydrogens (tertiary/aromatic N) is 1. The number of benzene rings is 1. The van der Waals surface area contributed by atoms with Gasteiger partial charge < -0.3 is 10.2 Å². The van der Waals surface area contributed by atoms with E-state index in [4.69, 9.17) is 0 Å². The quantitative estimate of drug-likeness (QED) is 0.847. The summed E-state index contributed by atoms with van der Waals surface area (Å²) < 4.78 is 0. The van der Waals surface area contributed by atoms with E-state index in [2.05, 4.69) is 55.5 Å². The maximum absolute atomic E-state index is 3.43. The third kappa shape index (κ3) is 3.76. The van der Waals surface area contributed by atoms with Crippen LogP contribution in [0.25, 0.3) is 0 Å². The molecule has 0 amide bonds. The second-order valence-electron chi connectivity index (χ2n) is 6.47. The van der Waals surface area contributed by atoms with Gasteiger partial charge in [-0.25, -0.2) is 0 Å². The molecule has 1 N–H and O–H groups in total. The Bertz CT molecular complexity index is 385. The van der Waals surface area contributed by atoms with Crippen LogP contribution in [0, 0.1) is 5.41 Å². The Hall–Kier alpha value is -1.02. The Labute approximate surface area is 124 Å². The minimum atomic E-state index is 0.463. The first kappa shape index (κ1) is 15.4.